The Morgan fingerprint density at radius 1 is 1.00 bits per heavy atom. The van der Waals surface area contributed by atoms with E-state index in [-0.39, 0.29) is 30.3 Å². The van der Waals surface area contributed by atoms with Gasteiger partial charge in [0.2, 0.25) is 11.8 Å². The molecule has 0 radical (unpaired) electrons. The number of thiophene rings is 2. The van der Waals surface area contributed by atoms with Crippen LogP contribution in [0.4, 0.5) is 5.69 Å². The molecular weight excluding hydrogens is 454 g/mol. The SMILES string of the molecule is Cc1ccccc1N(C(=O)CNC(=O)c1cccs1)[C@@H](C(=O)NC1CCCC1)c1cccs1. The molecule has 3 aromatic rings. The molecule has 0 spiro atoms. The number of nitrogens with zero attached hydrogens (tertiary/aromatic N) is 1. The second-order valence-electron chi connectivity index (χ2n) is 8.12. The highest BCUT2D eigenvalue weighted by Crippen LogP contribution is 2.33. The van der Waals surface area contributed by atoms with Crippen LogP contribution in [0.25, 0.3) is 0 Å². The van der Waals surface area contributed by atoms with Crippen LogP contribution < -0.4 is 15.5 Å². The molecule has 1 aliphatic carbocycles. The van der Waals surface area contributed by atoms with Gasteiger partial charge in [0, 0.05) is 16.6 Å². The van der Waals surface area contributed by atoms with E-state index in [1.165, 1.54) is 22.7 Å². The Morgan fingerprint density at radius 2 is 1.73 bits per heavy atom. The molecule has 1 fully saturated rings. The van der Waals surface area contributed by atoms with E-state index in [9.17, 15) is 14.4 Å². The summed E-state index contributed by atoms with van der Waals surface area (Å²) in [5.74, 6) is -0.828. The first-order valence-electron chi connectivity index (χ1n) is 11.1. The van der Waals surface area contributed by atoms with Gasteiger partial charge in [0.25, 0.3) is 5.91 Å². The molecule has 0 bridgehead atoms. The maximum atomic E-state index is 13.6. The summed E-state index contributed by atoms with van der Waals surface area (Å²) in [6, 6.07) is 14.1. The molecule has 2 N–H and O–H groups in total. The van der Waals surface area contributed by atoms with E-state index in [0.29, 0.717) is 10.6 Å². The molecule has 1 aliphatic rings. The summed E-state index contributed by atoms with van der Waals surface area (Å²) in [6.07, 6.45) is 4.11. The van der Waals surface area contributed by atoms with Crippen molar-refractivity contribution < 1.29 is 14.4 Å². The predicted molar refractivity (Wildman–Crippen MR) is 133 cm³/mol. The third-order valence-electron chi connectivity index (χ3n) is 5.81. The maximum Gasteiger partial charge on any atom is 0.261 e. The summed E-state index contributed by atoms with van der Waals surface area (Å²) >= 11 is 2.76. The molecule has 3 amide bonds. The van der Waals surface area contributed by atoms with Gasteiger partial charge in [-0.1, -0.05) is 43.2 Å². The number of amides is 3. The Bertz CT molecular complexity index is 1090. The second-order valence-corrected chi connectivity index (χ2v) is 10.0. The Morgan fingerprint density at radius 3 is 2.39 bits per heavy atom. The van der Waals surface area contributed by atoms with Gasteiger partial charge in [-0.2, -0.15) is 0 Å². The van der Waals surface area contributed by atoms with Gasteiger partial charge in [-0.25, -0.2) is 0 Å². The number of para-hydroxylation sites is 1. The van der Waals surface area contributed by atoms with Crippen LogP contribution >= 0.6 is 22.7 Å². The fourth-order valence-electron chi connectivity index (χ4n) is 4.16. The van der Waals surface area contributed by atoms with Gasteiger partial charge in [0.15, 0.2) is 0 Å². The van der Waals surface area contributed by atoms with Gasteiger partial charge in [0.05, 0.1) is 11.4 Å². The number of nitrogens with one attached hydrogen (secondary N) is 2. The van der Waals surface area contributed by atoms with Gasteiger partial charge in [-0.15, -0.1) is 22.7 Å². The minimum atomic E-state index is -0.808. The maximum absolute atomic E-state index is 13.6. The summed E-state index contributed by atoms with van der Waals surface area (Å²) in [5, 5.41) is 9.61. The minimum Gasteiger partial charge on any atom is -0.351 e. The number of aryl methyl sites for hydroxylation is 1. The van der Waals surface area contributed by atoms with Crippen molar-refractivity contribution >= 4 is 46.1 Å². The fraction of sp³-hybridized carbons (Fsp3) is 0.320. The molecule has 6 nitrogen and oxygen atoms in total. The highest BCUT2D eigenvalue weighted by Gasteiger charge is 2.35. The third kappa shape index (κ3) is 5.51. The molecule has 33 heavy (non-hydrogen) atoms. The zero-order chi connectivity index (χ0) is 23.2. The lowest BCUT2D eigenvalue weighted by atomic mass is 10.1. The number of carbonyl (C=O) groups excluding carboxylic acids is 3. The Kier molecular flexibility index (Phi) is 7.57. The molecule has 0 saturated heterocycles. The van der Waals surface area contributed by atoms with Crippen LogP contribution in [0.5, 0.6) is 0 Å². The van der Waals surface area contributed by atoms with Gasteiger partial charge < -0.3 is 10.6 Å². The van der Waals surface area contributed by atoms with Crippen LogP contribution in [0.15, 0.2) is 59.3 Å². The molecular formula is C25H27N3O3S2. The van der Waals surface area contributed by atoms with E-state index in [4.69, 9.17) is 0 Å². The molecule has 4 rings (SSSR count). The number of hydrogen-bond donors (Lipinski definition) is 2. The smallest absolute Gasteiger partial charge is 0.261 e. The summed E-state index contributed by atoms with van der Waals surface area (Å²) in [6.45, 7) is 1.71. The number of benzene rings is 1. The lowest BCUT2D eigenvalue weighted by molar-refractivity contribution is -0.126. The Labute approximate surface area is 201 Å². The molecule has 0 unspecified atom stereocenters. The largest absolute Gasteiger partial charge is 0.351 e. The standard InChI is InChI=1S/C25H27N3O3S2/c1-17-8-2-5-11-19(17)28(22(29)16-26-24(30)21-13-7-15-33-21)23(20-12-6-14-32-20)25(31)27-18-9-3-4-10-18/h2,5-8,11-15,18,23H,3-4,9-10,16H2,1H3,(H,26,30)(H,27,31)/t23-/m1/s1. The van der Waals surface area contributed by atoms with E-state index in [1.54, 1.807) is 17.0 Å². The van der Waals surface area contributed by atoms with Crippen molar-refractivity contribution in [1.82, 2.24) is 10.6 Å². The predicted octanol–water partition coefficient (Wildman–Crippen LogP) is 4.68. The van der Waals surface area contributed by atoms with Gasteiger partial charge >= 0.3 is 0 Å². The minimum absolute atomic E-state index is 0.132. The molecule has 1 atom stereocenters. The first-order chi connectivity index (χ1) is 16.0. The number of rotatable bonds is 8. The van der Waals surface area contributed by atoms with Crippen molar-refractivity contribution in [1.29, 1.82) is 0 Å². The van der Waals surface area contributed by atoms with Crippen LogP contribution in [-0.4, -0.2) is 30.3 Å². The van der Waals surface area contributed by atoms with Crippen molar-refractivity contribution in [2.45, 2.75) is 44.7 Å². The molecule has 8 heteroatoms. The van der Waals surface area contributed by atoms with Crippen molar-refractivity contribution in [3.05, 3.63) is 74.6 Å². The van der Waals surface area contributed by atoms with Crippen molar-refractivity contribution in [2.75, 3.05) is 11.4 Å². The van der Waals surface area contributed by atoms with E-state index in [0.717, 1.165) is 36.1 Å². The van der Waals surface area contributed by atoms with E-state index in [1.807, 2.05) is 54.1 Å². The summed E-state index contributed by atoms with van der Waals surface area (Å²) in [5.41, 5.74) is 1.54. The first-order valence-corrected chi connectivity index (χ1v) is 12.8. The van der Waals surface area contributed by atoms with Crippen molar-refractivity contribution in [3.63, 3.8) is 0 Å². The zero-order valence-electron chi connectivity index (χ0n) is 18.5. The average Bonchev–Trinajstić information content (AvgIpc) is 3.59. The average molecular weight is 482 g/mol. The van der Waals surface area contributed by atoms with Crippen LogP contribution in [0, 0.1) is 6.92 Å². The Balaban J connectivity index is 1.65. The summed E-state index contributed by atoms with van der Waals surface area (Å²) < 4.78 is 0. The topological polar surface area (TPSA) is 78.5 Å². The first kappa shape index (κ1) is 23.2. The van der Waals surface area contributed by atoms with Gasteiger partial charge in [0.1, 0.15) is 6.04 Å². The number of carbonyl (C=O) groups is 3. The molecule has 0 aliphatic heterocycles. The second kappa shape index (κ2) is 10.8. The molecule has 2 heterocycles. The normalized spacial score (nSPS) is 14.6. The summed E-state index contributed by atoms with van der Waals surface area (Å²) in [4.78, 5) is 42.5. The molecule has 1 saturated carbocycles. The van der Waals surface area contributed by atoms with Gasteiger partial charge in [-0.05, 0) is 54.3 Å². The number of hydrogen-bond acceptors (Lipinski definition) is 5. The van der Waals surface area contributed by atoms with E-state index < -0.39 is 6.04 Å². The molecule has 172 valence electrons. The van der Waals surface area contributed by atoms with Gasteiger partial charge in [-0.3, -0.25) is 19.3 Å². The van der Waals surface area contributed by atoms with Crippen molar-refractivity contribution in [2.24, 2.45) is 0 Å². The van der Waals surface area contributed by atoms with Crippen LogP contribution in [0.1, 0.15) is 51.8 Å². The molecule has 2 aromatic heterocycles. The third-order valence-corrected chi connectivity index (χ3v) is 7.60. The molecule has 1 aromatic carbocycles. The quantitative estimate of drug-likeness (QED) is 0.490. The summed E-state index contributed by atoms with van der Waals surface area (Å²) in [7, 11) is 0. The zero-order valence-corrected chi connectivity index (χ0v) is 20.1. The van der Waals surface area contributed by atoms with Crippen molar-refractivity contribution in [3.8, 4) is 0 Å². The van der Waals surface area contributed by atoms with E-state index in [2.05, 4.69) is 10.6 Å². The van der Waals surface area contributed by atoms with Crippen LogP contribution in [-0.2, 0) is 9.59 Å². The highest BCUT2D eigenvalue weighted by molar-refractivity contribution is 7.12. The monoisotopic (exact) mass is 481 g/mol. The Hall–Kier alpha value is -2.97. The lowest BCUT2D eigenvalue weighted by Gasteiger charge is -2.32. The van der Waals surface area contributed by atoms with Crippen LogP contribution in [0.2, 0.25) is 0 Å². The van der Waals surface area contributed by atoms with E-state index >= 15 is 0 Å². The lowest BCUT2D eigenvalue weighted by Crippen LogP contribution is -2.49. The van der Waals surface area contributed by atoms with Crippen LogP contribution in [0.3, 0.4) is 0 Å². The number of anilines is 1. The highest BCUT2D eigenvalue weighted by atomic mass is 32.1. The fourth-order valence-corrected chi connectivity index (χ4v) is 5.61.